The fourth-order valence-corrected chi connectivity index (χ4v) is 4.34. The first kappa shape index (κ1) is 19.9. The van der Waals surface area contributed by atoms with Crippen molar-refractivity contribution < 1.29 is 4.74 Å². The van der Waals surface area contributed by atoms with Crippen LogP contribution in [0.25, 0.3) is 0 Å². The molecule has 1 saturated carbocycles. The van der Waals surface area contributed by atoms with Gasteiger partial charge in [0.1, 0.15) is 12.4 Å². The molecule has 0 unspecified atom stereocenters. The minimum absolute atomic E-state index is 0.0985. The Kier molecular flexibility index (Phi) is 6.56. The molecule has 1 N–H and O–H groups in total. The number of hydrogen-bond acceptors (Lipinski definition) is 3. The van der Waals surface area contributed by atoms with Crippen molar-refractivity contribution in [1.29, 1.82) is 0 Å². The molecule has 3 nitrogen and oxygen atoms in total. The van der Waals surface area contributed by atoms with E-state index in [0.29, 0.717) is 18.7 Å². The van der Waals surface area contributed by atoms with Gasteiger partial charge in [0.25, 0.3) is 0 Å². The summed E-state index contributed by atoms with van der Waals surface area (Å²) < 4.78 is 6.09. The first-order valence-electron chi connectivity index (χ1n) is 10.2. The van der Waals surface area contributed by atoms with Crippen LogP contribution in [0.1, 0.15) is 50.7 Å². The topological polar surface area (TPSA) is 24.5 Å². The molecule has 2 aromatic rings. The Bertz CT molecular complexity index is 703. The van der Waals surface area contributed by atoms with Crippen molar-refractivity contribution in [3.8, 4) is 5.75 Å². The molecule has 1 aliphatic carbocycles. The van der Waals surface area contributed by atoms with Crippen molar-refractivity contribution in [2.75, 3.05) is 14.1 Å². The van der Waals surface area contributed by atoms with Crippen LogP contribution in [0.4, 0.5) is 0 Å². The Labute approximate surface area is 164 Å². The molecule has 0 aliphatic heterocycles. The van der Waals surface area contributed by atoms with E-state index in [1.807, 2.05) is 6.07 Å². The van der Waals surface area contributed by atoms with Gasteiger partial charge in [-0.1, -0.05) is 56.3 Å². The van der Waals surface area contributed by atoms with Crippen molar-refractivity contribution in [3.63, 3.8) is 0 Å². The minimum Gasteiger partial charge on any atom is -0.489 e. The van der Waals surface area contributed by atoms with Crippen molar-refractivity contribution >= 4 is 0 Å². The third kappa shape index (κ3) is 4.91. The minimum atomic E-state index is 0.0985. The van der Waals surface area contributed by atoms with E-state index < -0.39 is 0 Å². The molecule has 0 aromatic heterocycles. The fourth-order valence-electron chi connectivity index (χ4n) is 4.34. The summed E-state index contributed by atoms with van der Waals surface area (Å²) in [6.07, 6.45) is 4.77. The summed E-state index contributed by atoms with van der Waals surface area (Å²) in [5.41, 5.74) is 2.67. The third-order valence-corrected chi connectivity index (χ3v) is 5.86. The van der Waals surface area contributed by atoms with Crippen molar-refractivity contribution in [2.45, 2.75) is 63.8 Å². The van der Waals surface area contributed by atoms with Crippen LogP contribution < -0.4 is 10.1 Å². The Morgan fingerprint density at radius 2 is 1.74 bits per heavy atom. The summed E-state index contributed by atoms with van der Waals surface area (Å²) >= 11 is 0. The van der Waals surface area contributed by atoms with E-state index >= 15 is 0 Å². The second kappa shape index (κ2) is 8.90. The Morgan fingerprint density at radius 3 is 2.37 bits per heavy atom. The molecule has 1 fully saturated rings. The highest BCUT2D eigenvalue weighted by Gasteiger charge is 2.39. The molecular weight excluding hydrogens is 332 g/mol. The van der Waals surface area contributed by atoms with Gasteiger partial charge < -0.3 is 10.1 Å². The van der Waals surface area contributed by atoms with Crippen LogP contribution >= 0.6 is 0 Å². The van der Waals surface area contributed by atoms with Crippen LogP contribution in [-0.2, 0) is 12.1 Å². The zero-order valence-corrected chi connectivity index (χ0v) is 17.2. The first-order chi connectivity index (χ1) is 13.0. The van der Waals surface area contributed by atoms with Crippen molar-refractivity contribution in [2.24, 2.45) is 0 Å². The molecule has 0 saturated heterocycles. The molecule has 27 heavy (non-hydrogen) atoms. The highest BCUT2D eigenvalue weighted by molar-refractivity contribution is 5.34. The maximum absolute atomic E-state index is 6.09. The van der Waals surface area contributed by atoms with Crippen LogP contribution in [0.5, 0.6) is 5.75 Å². The quantitative estimate of drug-likeness (QED) is 0.749. The van der Waals surface area contributed by atoms with Gasteiger partial charge in [-0.05, 0) is 63.0 Å². The van der Waals surface area contributed by atoms with Gasteiger partial charge in [0.2, 0.25) is 0 Å². The van der Waals surface area contributed by atoms with Crippen LogP contribution in [0.3, 0.4) is 0 Å². The standard InChI is InChI=1S/C24H34N2O/c1-19(2)25-22-13-15-24(16-14-22,26(3)4)21-11-8-12-23(17-21)27-18-20-9-6-5-7-10-20/h5-12,17,19,22,25H,13-16,18H2,1-4H3. The van der Waals surface area contributed by atoms with E-state index in [4.69, 9.17) is 4.74 Å². The Balaban J connectivity index is 1.73. The molecule has 3 rings (SSSR count). The van der Waals surface area contributed by atoms with Gasteiger partial charge in [-0.25, -0.2) is 0 Å². The van der Waals surface area contributed by atoms with Crippen molar-refractivity contribution in [1.82, 2.24) is 10.2 Å². The summed E-state index contributed by atoms with van der Waals surface area (Å²) in [4.78, 5) is 2.41. The average molecular weight is 367 g/mol. The second-order valence-corrected chi connectivity index (χ2v) is 8.32. The number of ether oxygens (including phenoxy) is 1. The maximum Gasteiger partial charge on any atom is 0.120 e. The number of nitrogens with one attached hydrogen (secondary N) is 1. The van der Waals surface area contributed by atoms with E-state index in [1.54, 1.807) is 0 Å². The average Bonchev–Trinajstić information content (AvgIpc) is 2.67. The second-order valence-electron chi connectivity index (χ2n) is 8.32. The van der Waals surface area contributed by atoms with Gasteiger partial charge >= 0.3 is 0 Å². The zero-order chi connectivity index (χ0) is 19.3. The monoisotopic (exact) mass is 366 g/mol. The SMILES string of the molecule is CC(C)NC1CCC(c2cccc(OCc3ccccc3)c2)(N(C)C)CC1. The lowest BCUT2D eigenvalue weighted by atomic mass is 9.74. The Hall–Kier alpha value is -1.84. The summed E-state index contributed by atoms with van der Waals surface area (Å²) in [5.74, 6) is 0.958. The summed E-state index contributed by atoms with van der Waals surface area (Å²) in [7, 11) is 4.43. The highest BCUT2D eigenvalue weighted by atomic mass is 16.5. The lowest BCUT2D eigenvalue weighted by Gasteiger charge is -2.46. The lowest BCUT2D eigenvalue weighted by molar-refractivity contribution is 0.0838. The molecule has 0 spiro atoms. The van der Waals surface area contributed by atoms with E-state index in [2.05, 4.69) is 86.7 Å². The smallest absolute Gasteiger partial charge is 0.120 e. The lowest BCUT2D eigenvalue weighted by Crippen LogP contribution is -2.48. The predicted octanol–water partition coefficient (Wildman–Crippen LogP) is 4.96. The summed E-state index contributed by atoms with van der Waals surface area (Å²) in [5, 5.41) is 3.72. The van der Waals surface area contributed by atoms with E-state index in [0.717, 1.165) is 5.75 Å². The largest absolute Gasteiger partial charge is 0.489 e. The van der Waals surface area contributed by atoms with E-state index in [9.17, 15) is 0 Å². The molecule has 0 bridgehead atoms. The molecule has 0 amide bonds. The molecule has 0 atom stereocenters. The third-order valence-electron chi connectivity index (χ3n) is 5.86. The van der Waals surface area contributed by atoms with Gasteiger partial charge in [-0.2, -0.15) is 0 Å². The van der Waals surface area contributed by atoms with Crippen LogP contribution in [0, 0.1) is 0 Å². The van der Waals surface area contributed by atoms with E-state index in [-0.39, 0.29) is 5.54 Å². The fraction of sp³-hybridized carbons (Fsp3) is 0.500. The van der Waals surface area contributed by atoms with Gasteiger partial charge in [0.05, 0.1) is 0 Å². The normalized spacial score (nSPS) is 23.0. The Morgan fingerprint density at radius 1 is 1.04 bits per heavy atom. The summed E-state index contributed by atoms with van der Waals surface area (Å²) in [6.45, 7) is 5.09. The predicted molar refractivity (Wildman–Crippen MR) is 113 cm³/mol. The number of hydrogen-bond donors (Lipinski definition) is 1. The molecule has 146 valence electrons. The first-order valence-corrected chi connectivity index (χ1v) is 10.2. The zero-order valence-electron chi connectivity index (χ0n) is 17.2. The molecule has 3 heteroatoms. The highest BCUT2D eigenvalue weighted by Crippen LogP contribution is 2.42. The molecular formula is C24H34N2O. The summed E-state index contributed by atoms with van der Waals surface area (Å²) in [6, 6.07) is 20.3. The van der Waals surface area contributed by atoms with Crippen LogP contribution in [0.15, 0.2) is 54.6 Å². The van der Waals surface area contributed by atoms with Crippen LogP contribution in [0.2, 0.25) is 0 Å². The molecule has 2 aromatic carbocycles. The van der Waals surface area contributed by atoms with E-state index in [1.165, 1.54) is 36.8 Å². The molecule has 0 heterocycles. The van der Waals surface area contributed by atoms with Gasteiger partial charge in [-0.15, -0.1) is 0 Å². The van der Waals surface area contributed by atoms with Crippen LogP contribution in [-0.4, -0.2) is 31.1 Å². The maximum atomic E-state index is 6.09. The number of benzene rings is 2. The number of nitrogens with zero attached hydrogens (tertiary/aromatic N) is 1. The molecule has 0 radical (unpaired) electrons. The number of rotatable bonds is 7. The molecule has 1 aliphatic rings. The van der Waals surface area contributed by atoms with Gasteiger partial charge in [0.15, 0.2) is 0 Å². The van der Waals surface area contributed by atoms with Gasteiger partial charge in [-0.3, -0.25) is 4.90 Å². The van der Waals surface area contributed by atoms with Crippen molar-refractivity contribution in [3.05, 3.63) is 65.7 Å². The van der Waals surface area contributed by atoms with Gasteiger partial charge in [0, 0.05) is 17.6 Å².